The molecule has 3 aliphatic carbocycles. The minimum absolute atomic E-state index is 0.0153. The van der Waals surface area contributed by atoms with E-state index < -0.39 is 0 Å². The van der Waals surface area contributed by atoms with Gasteiger partial charge in [-0.1, -0.05) is 53.9 Å². The summed E-state index contributed by atoms with van der Waals surface area (Å²) in [5, 5.41) is 3.04. The van der Waals surface area contributed by atoms with E-state index in [1.54, 1.807) is 0 Å². The van der Waals surface area contributed by atoms with E-state index in [-0.39, 0.29) is 17.2 Å². The van der Waals surface area contributed by atoms with Crippen LogP contribution < -0.4 is 5.32 Å². The van der Waals surface area contributed by atoms with Crippen LogP contribution in [-0.2, 0) is 9.59 Å². The third-order valence-electron chi connectivity index (χ3n) is 10.5. The molecule has 0 radical (unpaired) electrons. The number of hydrogen-bond donors (Lipinski definition) is 1. The van der Waals surface area contributed by atoms with Crippen LogP contribution in [0.4, 0.5) is 0 Å². The van der Waals surface area contributed by atoms with Gasteiger partial charge in [-0.2, -0.15) is 0 Å². The first-order chi connectivity index (χ1) is 14.2. The van der Waals surface area contributed by atoms with E-state index in [1.807, 2.05) is 0 Å². The Hall–Kier alpha value is -0.860. The van der Waals surface area contributed by atoms with Gasteiger partial charge in [0, 0.05) is 25.3 Å². The molecule has 1 amide bonds. The first kappa shape index (κ1) is 22.3. The summed E-state index contributed by atoms with van der Waals surface area (Å²) in [6, 6.07) is 0. The highest BCUT2D eigenvalue weighted by Crippen LogP contribution is 2.67. The lowest BCUT2D eigenvalue weighted by atomic mass is 9.45. The summed E-state index contributed by atoms with van der Waals surface area (Å²) in [5.41, 5.74) is 0.433. The van der Waals surface area contributed by atoms with Crippen LogP contribution in [0, 0.1) is 52.3 Å². The van der Waals surface area contributed by atoms with E-state index in [4.69, 9.17) is 0 Å². The minimum Gasteiger partial charge on any atom is -0.355 e. The van der Waals surface area contributed by atoms with Crippen molar-refractivity contribution in [3.8, 4) is 0 Å². The second kappa shape index (κ2) is 8.24. The molecule has 4 rings (SSSR count). The van der Waals surface area contributed by atoms with Crippen LogP contribution >= 0.6 is 0 Å². The largest absolute Gasteiger partial charge is 0.355 e. The molecule has 3 saturated carbocycles. The van der Waals surface area contributed by atoms with Crippen molar-refractivity contribution in [2.24, 2.45) is 52.3 Å². The molecule has 8 atom stereocenters. The van der Waals surface area contributed by atoms with E-state index in [2.05, 4.69) is 39.9 Å². The maximum Gasteiger partial charge on any atom is 0.220 e. The van der Waals surface area contributed by atoms with Crippen LogP contribution in [0.2, 0.25) is 0 Å². The quantitative estimate of drug-likeness (QED) is 0.597. The first-order valence-electron chi connectivity index (χ1n) is 13.0. The van der Waals surface area contributed by atoms with Crippen molar-refractivity contribution < 1.29 is 9.59 Å². The molecule has 1 heterocycles. The van der Waals surface area contributed by atoms with Crippen molar-refractivity contribution in [2.75, 3.05) is 6.54 Å². The Kier molecular flexibility index (Phi) is 6.14. The average Bonchev–Trinajstić information content (AvgIpc) is 2.94. The fourth-order valence-corrected chi connectivity index (χ4v) is 8.81. The Morgan fingerprint density at radius 3 is 2.43 bits per heavy atom. The average molecular weight is 416 g/mol. The number of hydrogen-bond acceptors (Lipinski definition) is 2. The standard InChI is InChI=1S/C27H45NO2/c1-17(2)7-6-8-18(3)20-9-10-21-19-15-24(29)23-16-28-25(30)12-14-27(23,5)22(19)11-13-26(20,21)4/h17-23H,6-16H2,1-5H3,(H,28,30)/t18-,19+,20-,21+,22+,23-,26-,27-/m1/s1. The third kappa shape index (κ3) is 3.66. The highest BCUT2D eigenvalue weighted by Gasteiger charge is 2.61. The highest BCUT2D eigenvalue weighted by atomic mass is 16.2. The third-order valence-corrected chi connectivity index (χ3v) is 10.5. The summed E-state index contributed by atoms with van der Waals surface area (Å²) < 4.78 is 0. The van der Waals surface area contributed by atoms with Gasteiger partial charge in [0.25, 0.3) is 0 Å². The maximum atomic E-state index is 13.3. The lowest BCUT2D eigenvalue weighted by molar-refractivity contribution is -0.149. The predicted octanol–water partition coefficient (Wildman–Crippen LogP) is 6.01. The van der Waals surface area contributed by atoms with Gasteiger partial charge in [-0.15, -0.1) is 0 Å². The summed E-state index contributed by atoms with van der Waals surface area (Å²) in [6.45, 7) is 12.7. The van der Waals surface area contributed by atoms with Crippen molar-refractivity contribution >= 4 is 11.7 Å². The van der Waals surface area contributed by atoms with Crippen LogP contribution in [0.1, 0.15) is 98.8 Å². The molecule has 0 aromatic rings. The number of Topliss-reactive ketones (excluding diaryl/α,β-unsaturated/α-hetero) is 1. The Morgan fingerprint density at radius 1 is 0.967 bits per heavy atom. The number of nitrogens with one attached hydrogen (secondary N) is 1. The molecule has 0 aromatic carbocycles. The van der Waals surface area contributed by atoms with Crippen molar-refractivity contribution in [1.29, 1.82) is 0 Å². The van der Waals surface area contributed by atoms with Crippen LogP contribution in [0.5, 0.6) is 0 Å². The zero-order valence-corrected chi connectivity index (χ0v) is 20.1. The molecule has 1 saturated heterocycles. The van der Waals surface area contributed by atoms with Gasteiger partial charge in [0.05, 0.1) is 0 Å². The lowest BCUT2D eigenvalue weighted by Crippen LogP contribution is -2.56. The van der Waals surface area contributed by atoms with Gasteiger partial charge in [-0.25, -0.2) is 0 Å². The van der Waals surface area contributed by atoms with Gasteiger partial charge in [0.15, 0.2) is 0 Å². The van der Waals surface area contributed by atoms with Gasteiger partial charge in [0.2, 0.25) is 5.91 Å². The number of amides is 1. The van der Waals surface area contributed by atoms with E-state index >= 15 is 0 Å². The second-order valence-electron chi connectivity index (χ2n) is 12.4. The van der Waals surface area contributed by atoms with E-state index in [9.17, 15) is 9.59 Å². The summed E-state index contributed by atoms with van der Waals surface area (Å²) in [4.78, 5) is 25.4. The fraction of sp³-hybridized carbons (Fsp3) is 0.926. The van der Waals surface area contributed by atoms with Crippen LogP contribution in [-0.4, -0.2) is 18.2 Å². The van der Waals surface area contributed by atoms with Crippen LogP contribution in [0.3, 0.4) is 0 Å². The van der Waals surface area contributed by atoms with E-state index in [0.717, 1.165) is 30.6 Å². The van der Waals surface area contributed by atoms with Gasteiger partial charge in [0.1, 0.15) is 5.78 Å². The summed E-state index contributed by atoms with van der Waals surface area (Å²) >= 11 is 0. The molecule has 0 aromatic heterocycles. The first-order valence-corrected chi connectivity index (χ1v) is 13.0. The fourth-order valence-electron chi connectivity index (χ4n) is 8.81. The summed E-state index contributed by atoms with van der Waals surface area (Å²) in [5.74, 6) is 4.96. The van der Waals surface area contributed by atoms with Gasteiger partial charge in [-0.3, -0.25) is 9.59 Å². The van der Waals surface area contributed by atoms with Crippen molar-refractivity contribution in [1.82, 2.24) is 5.32 Å². The molecule has 0 spiro atoms. The number of rotatable bonds is 5. The number of fused-ring (bicyclic) bond motifs is 5. The predicted molar refractivity (Wildman–Crippen MR) is 122 cm³/mol. The normalized spacial score (nSPS) is 44.7. The topological polar surface area (TPSA) is 46.2 Å². The molecule has 3 nitrogen and oxygen atoms in total. The molecular formula is C27H45NO2. The molecular weight excluding hydrogens is 370 g/mol. The zero-order chi connectivity index (χ0) is 21.7. The molecule has 170 valence electrons. The Morgan fingerprint density at radius 2 is 1.70 bits per heavy atom. The molecule has 1 N–H and O–H groups in total. The van der Waals surface area contributed by atoms with Gasteiger partial charge in [-0.05, 0) is 78.4 Å². The molecule has 0 unspecified atom stereocenters. The lowest BCUT2D eigenvalue weighted by Gasteiger charge is -2.58. The molecule has 1 aliphatic heterocycles. The molecule has 4 fully saturated rings. The Balaban J connectivity index is 1.52. The monoisotopic (exact) mass is 415 g/mol. The molecule has 30 heavy (non-hydrogen) atoms. The van der Waals surface area contributed by atoms with E-state index in [0.29, 0.717) is 41.9 Å². The van der Waals surface area contributed by atoms with E-state index in [1.165, 1.54) is 44.9 Å². The maximum absolute atomic E-state index is 13.3. The molecule has 3 heteroatoms. The SMILES string of the molecule is CC(C)CCC[C@@H](C)[C@H]1CC[C@H]2[C@@H]3CC(=O)[C@H]4CNC(=O)CC[C@]4(C)[C@H]3CC[C@]12C. The Labute approximate surface area is 184 Å². The van der Waals surface area contributed by atoms with Crippen LogP contribution in [0.25, 0.3) is 0 Å². The molecule has 0 bridgehead atoms. The number of carbonyl (C=O) groups is 2. The number of ketones is 1. The summed E-state index contributed by atoms with van der Waals surface area (Å²) in [7, 11) is 0. The smallest absolute Gasteiger partial charge is 0.220 e. The zero-order valence-electron chi connectivity index (χ0n) is 20.1. The summed E-state index contributed by atoms with van der Waals surface area (Å²) in [6.07, 6.45) is 11.6. The highest BCUT2D eigenvalue weighted by molar-refractivity contribution is 5.85. The molecule has 4 aliphatic rings. The van der Waals surface area contributed by atoms with Crippen molar-refractivity contribution in [3.63, 3.8) is 0 Å². The van der Waals surface area contributed by atoms with Crippen LogP contribution in [0.15, 0.2) is 0 Å². The van der Waals surface area contributed by atoms with Crippen molar-refractivity contribution in [3.05, 3.63) is 0 Å². The second-order valence-corrected chi connectivity index (χ2v) is 12.4. The van der Waals surface area contributed by atoms with Gasteiger partial charge < -0.3 is 5.32 Å². The Bertz CT molecular complexity index is 672. The van der Waals surface area contributed by atoms with Gasteiger partial charge >= 0.3 is 0 Å². The van der Waals surface area contributed by atoms with Crippen molar-refractivity contribution in [2.45, 2.75) is 98.8 Å². The minimum atomic E-state index is 0.0153. The number of carbonyl (C=O) groups excluding carboxylic acids is 2.